The Kier molecular flexibility index (Phi) is 59.7. The summed E-state index contributed by atoms with van der Waals surface area (Å²) < 4.78 is 81.8. The van der Waals surface area contributed by atoms with Crippen molar-refractivity contribution in [3.8, 4) is 23.0 Å². The second kappa shape index (κ2) is 66.5. The van der Waals surface area contributed by atoms with Gasteiger partial charge in [-0.2, -0.15) is 83.2 Å². The Morgan fingerprint density at radius 2 is 0.787 bits per heavy atom. The van der Waals surface area contributed by atoms with Gasteiger partial charge in [0.05, 0.1) is 81.4 Å². The molecule has 0 amide bonds. The number of ketones is 1. The van der Waals surface area contributed by atoms with E-state index in [0.717, 1.165) is 152 Å². The van der Waals surface area contributed by atoms with Crippen molar-refractivity contribution in [3.05, 3.63) is 245 Å². The average molecular weight is 2150 g/mol. The van der Waals surface area contributed by atoms with Crippen LogP contribution in [0.3, 0.4) is 0 Å². The molecule has 4 aromatic carbocycles. The number of fused-ring (bicyclic) bond motifs is 4. The minimum absolute atomic E-state index is 0. The second-order valence-electron chi connectivity index (χ2n) is 34.0. The van der Waals surface area contributed by atoms with Gasteiger partial charge >= 0.3 is 17.9 Å². The zero-order chi connectivity index (χ0) is 102. The molecule has 0 fully saturated rings. The number of carboxylic acid groups (broad SMARTS) is 1. The van der Waals surface area contributed by atoms with Gasteiger partial charge in [0.15, 0.2) is 5.78 Å². The minimum atomic E-state index is -1.15. The molecule has 141 heavy (non-hydrogen) atoms. The van der Waals surface area contributed by atoms with Crippen LogP contribution in [0.2, 0.25) is 20.1 Å². The topological polar surface area (TPSA) is 410 Å². The van der Waals surface area contributed by atoms with E-state index >= 15 is 0 Å². The van der Waals surface area contributed by atoms with E-state index in [1.54, 1.807) is 50.4 Å². The molecule has 4 aliphatic rings. The Morgan fingerprint density at radius 3 is 1.09 bits per heavy atom. The average Bonchev–Trinajstić information content (AvgIpc) is 1.13. The van der Waals surface area contributed by atoms with Crippen molar-refractivity contribution < 1.29 is 97.9 Å². The van der Waals surface area contributed by atoms with Crippen LogP contribution in [0.5, 0.6) is 23.0 Å². The van der Waals surface area contributed by atoms with Gasteiger partial charge in [0, 0.05) is 194 Å². The molecule has 0 aliphatic carbocycles. The van der Waals surface area contributed by atoms with Crippen molar-refractivity contribution in [1.82, 2.24) is 69.1 Å². The summed E-state index contributed by atoms with van der Waals surface area (Å²) in [6, 6.07) is 28.2. The lowest BCUT2D eigenvalue weighted by Crippen LogP contribution is -2.39. The van der Waals surface area contributed by atoms with E-state index in [0.29, 0.717) is 111 Å². The molecule has 10 N–H and O–H groups in total. The molecular formula is C97H139Cl5F3N15O17S4. The number of alkyl halides is 2. The largest absolute Gasteiger partial charge is 0.486 e. The van der Waals surface area contributed by atoms with Crippen LogP contribution < -0.4 is 30.0 Å². The number of pyridine rings is 2. The first-order valence-electron chi connectivity index (χ1n) is 45.2. The predicted molar refractivity (Wildman–Crippen MR) is 561 cm³/mol. The number of β-amino-alcohol motifs (C(OH)–C–C–N with tert-alkyl or cyclic N) is 3. The molecule has 0 saturated heterocycles. The standard InChI is InChI=1S/C24H26ClFN4O3.C23H32ClN3O4.C17H23ClN4O2.C14H16ClN3O.C9H17ClO3.C6H4FNO2.C2H6O.CH3F.CH4O.4H2S/c1-29-18(7-10-28-29)15-33-22-5-2-17-13-30(11-8-20(17)24(22)25)14-19(31)3-4-21(32)16-6-9-27-23(26)12-16;1-23(2,3)31-21(29)8-6-18(28)14-27-12-10-19-16(13-27)5-7-20(22(19)24)30-15-17-9-11-25-26(17)4;1-21-13(4-6-20-21)11-24-16-3-2-12-9-22(10-14(23)8-19)7-5-15(12)17(16)18;1-18-11(4-7-17-18)9-19-13-3-2-10-8-16-6-5-12(10)14(13)15;1-9(2,3)13-8(12)5-4-7(11)6-10;7-5-3-4(6(9)10)1-2-8-5;1-2-3;2*1-2;;;;/h2,5-7,9-10,12,19,31H,3-4,8,11,13-15H2,1H3;5,7,9,11,18,28H,6,8,10,12-15H2,1-4H3;2-4,6,14,23H,5,7-11,19H2,1H3;2-4,7,16H,5-6,8-9H2,1H3;7,11H,4-6H2,1-3H3;1-3H,(H,9,10);3H,2H2,1H3;1H3;2H,1H3;4*1H2/t19-;18-;14-;;7-;;;;;;;;/m000.0......../s1/i;;;;;;;1D;;;;;. The van der Waals surface area contributed by atoms with Gasteiger partial charge in [-0.05, 0) is 205 Å². The number of nitrogens with two attached hydrogens (primary N) is 1. The zero-order valence-corrected chi connectivity index (χ0v) is 89.4. The van der Waals surface area contributed by atoms with Crippen molar-refractivity contribution in [2.75, 3.05) is 79.1 Å². The molecule has 0 spiro atoms. The van der Waals surface area contributed by atoms with Gasteiger partial charge in [-0.3, -0.25) is 52.2 Å². The number of hydrogen-bond donors (Lipinski definition) is 9. The molecule has 44 heteroatoms. The molecule has 10 heterocycles. The highest BCUT2D eigenvalue weighted by molar-refractivity contribution is 7.59. The number of carbonyl (C=O) groups excluding carboxylic acids is 3. The van der Waals surface area contributed by atoms with E-state index in [1.807, 2.05) is 130 Å². The number of carbonyl (C=O) groups is 4. The molecule has 0 unspecified atom stereocenters. The molecule has 0 saturated carbocycles. The number of aromatic nitrogens is 10. The fourth-order valence-corrected chi connectivity index (χ4v) is 15.8. The number of nitrogens with zero attached hydrogens (tertiary/aromatic N) is 13. The number of aromatic carboxylic acids is 1. The van der Waals surface area contributed by atoms with Gasteiger partial charge in [0.1, 0.15) is 60.6 Å². The molecule has 0 bridgehead atoms. The number of aliphatic hydroxyl groups excluding tert-OH is 6. The first-order chi connectivity index (χ1) is 65.7. The molecule has 32 nitrogen and oxygen atoms in total. The first-order valence-corrected chi connectivity index (χ1v) is 46.6. The highest BCUT2D eigenvalue weighted by Gasteiger charge is 2.29. The van der Waals surface area contributed by atoms with E-state index in [9.17, 15) is 47.7 Å². The first kappa shape index (κ1) is 127. The summed E-state index contributed by atoms with van der Waals surface area (Å²) in [7, 11) is 7.53. The molecule has 4 aliphatic heterocycles. The van der Waals surface area contributed by atoms with Crippen LogP contribution in [0.1, 0.15) is 176 Å². The number of rotatable bonds is 31. The number of carboxylic acids is 1. The Hall–Kier alpha value is -8.50. The lowest BCUT2D eigenvalue weighted by atomic mass is 9.98. The summed E-state index contributed by atoms with van der Waals surface area (Å²) in [6.45, 7) is 22.8. The number of aliphatic hydroxyl groups is 6. The summed E-state index contributed by atoms with van der Waals surface area (Å²) >= 11 is 31.6. The monoisotopic (exact) mass is 2150 g/mol. The Morgan fingerprint density at radius 1 is 0.482 bits per heavy atom. The van der Waals surface area contributed by atoms with Gasteiger partial charge in [-0.1, -0.05) is 70.7 Å². The fourth-order valence-electron chi connectivity index (χ4n) is 14.3. The maximum atomic E-state index is 13.2. The highest BCUT2D eigenvalue weighted by Crippen LogP contribution is 2.39. The SMILES string of the molecule is CC(C)(C)OC(=O)CC[C@H](O)CCl.CCO.CO.Cn1nccc1COc1ccc2c(c1Cl)CCN(C[C@@H](O)CCC(=O)OC(C)(C)C)C2.Cn1nccc1COc1ccc2c(c1Cl)CCN(C[C@@H](O)CCC(=O)c1ccnc(F)c1)C2.Cn1nccc1COc1ccc2c(c1Cl)CCN(C[C@@H](O)CN)C2.Cn1nccc1COc1ccc2c(c1Cl)CCNC2.O=C(O)c1ccnc(F)c1.S.S.S.S.[2H]CF. The Labute approximate surface area is 878 Å². The van der Waals surface area contributed by atoms with Crippen LogP contribution in [0.4, 0.5) is 13.2 Å². The van der Waals surface area contributed by atoms with Gasteiger partial charge in [-0.15, -0.1) is 11.6 Å². The number of esters is 2. The molecule has 14 rings (SSSR count). The lowest BCUT2D eigenvalue weighted by Gasteiger charge is -2.31. The number of hydrogen-bond acceptors (Lipinski definition) is 27. The third kappa shape index (κ3) is 44.5. The number of aryl methyl sites for hydroxylation is 4. The molecule has 6 aromatic heterocycles. The summed E-state index contributed by atoms with van der Waals surface area (Å²) in [6.07, 6.45) is 12.0. The minimum Gasteiger partial charge on any atom is -0.486 e. The van der Waals surface area contributed by atoms with Crippen molar-refractivity contribution >= 4 is 136 Å². The van der Waals surface area contributed by atoms with Crippen molar-refractivity contribution in [3.63, 3.8) is 0 Å². The molecule has 0 radical (unpaired) electrons. The Bertz CT molecular complexity index is 5420. The smallest absolute Gasteiger partial charge is 0.335 e. The number of nitrogens with one attached hydrogen (secondary N) is 1. The second-order valence-corrected chi connectivity index (χ2v) is 35.8. The van der Waals surface area contributed by atoms with Gasteiger partial charge < -0.3 is 75.2 Å². The summed E-state index contributed by atoms with van der Waals surface area (Å²) in [5.41, 5.74) is 17.9. The Balaban J connectivity index is 0.000000583. The predicted octanol–water partition coefficient (Wildman–Crippen LogP) is 14.0. The number of halogens is 8. The number of benzene rings is 4. The van der Waals surface area contributed by atoms with E-state index < -0.39 is 60.6 Å². The van der Waals surface area contributed by atoms with E-state index in [-0.39, 0.29) is 121 Å². The molecule has 10 aromatic rings. The van der Waals surface area contributed by atoms with E-state index in [2.05, 4.69) is 62.5 Å². The maximum absolute atomic E-state index is 13.2. The van der Waals surface area contributed by atoms with Gasteiger partial charge in [0.25, 0.3) is 0 Å². The van der Waals surface area contributed by atoms with Crippen LogP contribution in [0.25, 0.3) is 0 Å². The van der Waals surface area contributed by atoms with Crippen molar-refractivity contribution in [2.24, 2.45) is 33.9 Å². The van der Waals surface area contributed by atoms with Crippen LogP contribution >= 0.6 is 112 Å². The highest BCUT2D eigenvalue weighted by atomic mass is 35.5. The van der Waals surface area contributed by atoms with Crippen LogP contribution in [-0.4, -0.2) is 238 Å². The normalized spacial score (nSPS) is 13.7. The van der Waals surface area contributed by atoms with Crippen LogP contribution in [0, 0.1) is 11.9 Å². The number of ether oxygens (including phenoxy) is 6. The lowest BCUT2D eigenvalue weighted by molar-refractivity contribution is -0.156. The zero-order valence-electron chi connectivity index (χ0n) is 82.6. The van der Waals surface area contributed by atoms with Gasteiger partial charge in [-0.25, -0.2) is 14.8 Å². The summed E-state index contributed by atoms with van der Waals surface area (Å²) in [4.78, 5) is 58.5. The molecule has 4 atom stereocenters. The maximum Gasteiger partial charge on any atom is 0.335 e. The van der Waals surface area contributed by atoms with Crippen molar-refractivity contribution in [1.29, 1.82) is 0 Å². The van der Waals surface area contributed by atoms with Gasteiger partial charge in [0.2, 0.25) is 11.9 Å². The molecule has 784 valence electrons. The third-order valence-corrected chi connectivity index (χ3v) is 23.3. The van der Waals surface area contributed by atoms with Crippen LogP contribution in [0.15, 0.2) is 134 Å². The quantitative estimate of drug-likeness (QED) is 0.00843. The van der Waals surface area contributed by atoms with E-state index in [1.165, 1.54) is 35.0 Å². The fraction of sp³-hybridized carbons (Fsp3) is 0.485. The van der Waals surface area contributed by atoms with Crippen molar-refractivity contribution in [2.45, 2.75) is 201 Å². The summed E-state index contributed by atoms with van der Waals surface area (Å²) in [5, 5.41) is 85.1. The third-order valence-electron chi connectivity index (χ3n) is 21.3. The number of Topliss-reactive ketones (excluding diaryl/α,β-unsaturated/α-hetero) is 1. The summed E-state index contributed by atoms with van der Waals surface area (Å²) in [5.74, 6) is -0.455. The molecular weight excluding hydrogens is 2010 g/mol. The van der Waals surface area contributed by atoms with Crippen LogP contribution in [-0.2, 0) is 126 Å². The van der Waals surface area contributed by atoms with E-state index in [4.69, 9.17) is 114 Å².